The number of hydrogen-bond donors (Lipinski definition) is 0. The molecule has 0 aromatic heterocycles. The van der Waals surface area contributed by atoms with E-state index in [2.05, 4.69) is 0 Å². The molecule has 3 aromatic rings. The van der Waals surface area contributed by atoms with Crippen molar-refractivity contribution < 1.29 is 23.4 Å². The number of piperidine rings is 1. The van der Waals surface area contributed by atoms with Crippen molar-refractivity contribution in [2.24, 2.45) is 0 Å². The van der Waals surface area contributed by atoms with Crippen molar-refractivity contribution in [1.29, 1.82) is 0 Å². The maximum Gasteiger partial charge on any atom is 0.410 e. The molecule has 2 aliphatic heterocycles. The van der Waals surface area contributed by atoms with Crippen molar-refractivity contribution in [3.8, 4) is 16.9 Å². The van der Waals surface area contributed by atoms with Crippen LogP contribution < -0.4 is 4.74 Å². The third-order valence-electron chi connectivity index (χ3n) is 6.01. The van der Waals surface area contributed by atoms with Crippen LogP contribution in [-0.2, 0) is 22.7 Å². The molecule has 0 bridgehead atoms. The first-order chi connectivity index (χ1) is 15.6. The number of nitrogens with zero attached hydrogens (tertiary/aromatic N) is 1. The third-order valence-corrected chi connectivity index (χ3v) is 6.01. The number of amides is 1. The van der Waals surface area contributed by atoms with E-state index in [0.29, 0.717) is 32.5 Å². The van der Waals surface area contributed by atoms with Gasteiger partial charge < -0.3 is 19.1 Å². The summed E-state index contributed by atoms with van der Waals surface area (Å²) in [5.74, 6) is -0.182. The number of hydrogen-bond acceptors (Lipinski definition) is 4. The lowest BCUT2D eigenvalue weighted by atomic mass is 9.99. The number of carbonyl (C=O) groups excluding carboxylic acids is 1. The highest BCUT2D eigenvalue weighted by atomic mass is 19.1. The lowest BCUT2D eigenvalue weighted by Gasteiger charge is -2.43. The zero-order valence-electron chi connectivity index (χ0n) is 17.6. The van der Waals surface area contributed by atoms with Gasteiger partial charge in [-0.3, -0.25) is 0 Å². The van der Waals surface area contributed by atoms with E-state index in [1.807, 2.05) is 48.5 Å². The summed E-state index contributed by atoms with van der Waals surface area (Å²) in [5.41, 5.74) is 3.85. The molecule has 1 saturated heterocycles. The highest BCUT2D eigenvalue weighted by Gasteiger charge is 2.42. The minimum absolute atomic E-state index is 0.254. The predicted octanol–water partition coefficient (Wildman–Crippen LogP) is 5.53. The van der Waals surface area contributed by atoms with Crippen molar-refractivity contribution in [3.63, 3.8) is 0 Å². The number of ether oxygens (including phenoxy) is 3. The molecule has 1 spiro atoms. The molecule has 164 valence electrons. The molecule has 32 heavy (non-hydrogen) atoms. The van der Waals surface area contributed by atoms with Crippen molar-refractivity contribution in [1.82, 2.24) is 4.90 Å². The average Bonchev–Trinajstić information content (AvgIpc) is 2.84. The molecule has 0 N–H and O–H groups in total. The van der Waals surface area contributed by atoms with Gasteiger partial charge in [0.05, 0.1) is 6.61 Å². The first-order valence-corrected chi connectivity index (χ1v) is 10.8. The van der Waals surface area contributed by atoms with E-state index in [0.717, 1.165) is 28.0 Å². The Bertz CT molecular complexity index is 1090. The predicted molar refractivity (Wildman–Crippen MR) is 117 cm³/mol. The summed E-state index contributed by atoms with van der Waals surface area (Å²) in [4.78, 5) is 14.1. The van der Waals surface area contributed by atoms with Gasteiger partial charge in [0.1, 0.15) is 18.2 Å². The fraction of sp³-hybridized carbons (Fsp3) is 0.269. The highest BCUT2D eigenvalue weighted by molar-refractivity contribution is 5.68. The maximum absolute atomic E-state index is 13.2. The molecule has 5 nitrogen and oxygen atoms in total. The topological polar surface area (TPSA) is 48.0 Å². The molecular weight excluding hydrogens is 409 g/mol. The summed E-state index contributed by atoms with van der Waals surface area (Å²) in [6.45, 7) is 1.72. The Balaban J connectivity index is 1.19. The first kappa shape index (κ1) is 20.5. The lowest BCUT2D eigenvalue weighted by molar-refractivity contribution is -0.226. The summed E-state index contributed by atoms with van der Waals surface area (Å²) >= 11 is 0. The molecule has 6 heteroatoms. The molecule has 0 saturated carbocycles. The van der Waals surface area contributed by atoms with E-state index in [-0.39, 0.29) is 18.5 Å². The van der Waals surface area contributed by atoms with Gasteiger partial charge in [-0.1, -0.05) is 48.5 Å². The molecule has 2 aliphatic rings. The Labute approximate surface area is 186 Å². The van der Waals surface area contributed by atoms with Crippen LogP contribution in [0.4, 0.5) is 9.18 Å². The van der Waals surface area contributed by atoms with Gasteiger partial charge in [0.2, 0.25) is 5.79 Å². The van der Waals surface area contributed by atoms with Crippen LogP contribution in [0.2, 0.25) is 0 Å². The summed E-state index contributed by atoms with van der Waals surface area (Å²) in [6, 6.07) is 22.0. The second-order valence-electron chi connectivity index (χ2n) is 8.16. The second-order valence-corrected chi connectivity index (χ2v) is 8.16. The highest BCUT2D eigenvalue weighted by Crippen LogP contribution is 2.39. The summed E-state index contributed by atoms with van der Waals surface area (Å²) in [5, 5.41) is 0. The molecule has 3 aromatic carbocycles. The zero-order valence-corrected chi connectivity index (χ0v) is 17.6. The molecule has 0 unspecified atom stereocenters. The number of halogens is 1. The van der Waals surface area contributed by atoms with Gasteiger partial charge >= 0.3 is 6.09 Å². The summed E-state index contributed by atoms with van der Waals surface area (Å²) in [7, 11) is 0. The summed E-state index contributed by atoms with van der Waals surface area (Å²) < 4.78 is 31.1. The number of rotatable bonds is 3. The van der Waals surface area contributed by atoms with E-state index in [1.54, 1.807) is 17.0 Å². The fourth-order valence-corrected chi connectivity index (χ4v) is 4.14. The number of benzene rings is 3. The molecule has 1 amide bonds. The van der Waals surface area contributed by atoms with Crippen LogP contribution in [0.1, 0.15) is 24.0 Å². The van der Waals surface area contributed by atoms with Gasteiger partial charge in [-0.15, -0.1) is 0 Å². The van der Waals surface area contributed by atoms with Gasteiger partial charge in [0.15, 0.2) is 0 Å². The third kappa shape index (κ3) is 4.32. The van der Waals surface area contributed by atoms with Crippen LogP contribution in [0.15, 0.2) is 72.8 Å². The number of fused-ring (bicyclic) bond motifs is 1. The lowest BCUT2D eigenvalue weighted by Crippen LogP contribution is -2.52. The van der Waals surface area contributed by atoms with E-state index in [4.69, 9.17) is 14.2 Å². The van der Waals surface area contributed by atoms with Crippen LogP contribution in [0.5, 0.6) is 5.75 Å². The standard InChI is InChI=1S/C26H24FNO4/c27-23-9-6-20(7-10-23)21-8-11-24-22(16-21)18-31-26(32-24)12-14-28(15-13-26)25(29)30-17-19-4-2-1-3-5-19/h1-11,16H,12-15,17-18H2. The first-order valence-electron chi connectivity index (χ1n) is 10.8. The van der Waals surface area contributed by atoms with E-state index in [9.17, 15) is 9.18 Å². The van der Waals surface area contributed by atoms with Crippen LogP contribution in [0.3, 0.4) is 0 Å². The van der Waals surface area contributed by atoms with Gasteiger partial charge in [-0.25, -0.2) is 9.18 Å². The quantitative estimate of drug-likeness (QED) is 0.545. The van der Waals surface area contributed by atoms with Crippen LogP contribution in [0, 0.1) is 5.82 Å². The van der Waals surface area contributed by atoms with Gasteiger partial charge in [0.25, 0.3) is 0 Å². The van der Waals surface area contributed by atoms with Crippen molar-refractivity contribution in [2.45, 2.75) is 31.8 Å². The van der Waals surface area contributed by atoms with Crippen LogP contribution in [0.25, 0.3) is 11.1 Å². The Hall–Kier alpha value is -3.38. The fourth-order valence-electron chi connectivity index (χ4n) is 4.14. The SMILES string of the molecule is O=C(OCc1ccccc1)N1CCC2(CC1)OCc1cc(-c3ccc(F)cc3)ccc1O2. The number of carbonyl (C=O) groups is 1. The Kier molecular flexibility index (Phi) is 5.53. The Morgan fingerprint density at radius 2 is 1.69 bits per heavy atom. The smallest absolute Gasteiger partial charge is 0.410 e. The Morgan fingerprint density at radius 1 is 0.969 bits per heavy atom. The van der Waals surface area contributed by atoms with E-state index in [1.165, 1.54) is 12.1 Å². The molecule has 0 radical (unpaired) electrons. The molecule has 0 atom stereocenters. The molecule has 1 fully saturated rings. The molecule has 2 heterocycles. The van der Waals surface area contributed by atoms with Crippen molar-refractivity contribution in [3.05, 3.63) is 89.7 Å². The van der Waals surface area contributed by atoms with Crippen LogP contribution >= 0.6 is 0 Å². The second kappa shape index (κ2) is 8.63. The van der Waals surface area contributed by atoms with Crippen molar-refractivity contribution >= 4 is 6.09 Å². The van der Waals surface area contributed by atoms with E-state index < -0.39 is 5.79 Å². The monoisotopic (exact) mass is 433 g/mol. The summed E-state index contributed by atoms with van der Waals surface area (Å²) in [6.07, 6.45) is 0.836. The van der Waals surface area contributed by atoms with E-state index >= 15 is 0 Å². The largest absolute Gasteiger partial charge is 0.462 e. The normalized spacial score (nSPS) is 16.8. The Morgan fingerprint density at radius 3 is 2.44 bits per heavy atom. The minimum atomic E-state index is -0.722. The average molecular weight is 433 g/mol. The van der Waals surface area contributed by atoms with Gasteiger partial charge in [-0.2, -0.15) is 0 Å². The van der Waals surface area contributed by atoms with Gasteiger partial charge in [0, 0.05) is 31.5 Å². The van der Waals surface area contributed by atoms with Gasteiger partial charge in [-0.05, 0) is 41.0 Å². The molecule has 5 rings (SSSR count). The zero-order chi connectivity index (χ0) is 22.0. The number of likely N-dealkylation sites (tertiary alicyclic amines) is 1. The maximum atomic E-state index is 13.2. The van der Waals surface area contributed by atoms with Crippen molar-refractivity contribution in [2.75, 3.05) is 13.1 Å². The minimum Gasteiger partial charge on any atom is -0.462 e. The van der Waals surface area contributed by atoms with Crippen LogP contribution in [-0.4, -0.2) is 29.9 Å². The molecular formula is C26H24FNO4. The molecule has 0 aliphatic carbocycles.